The van der Waals surface area contributed by atoms with Crippen molar-refractivity contribution in [2.24, 2.45) is 0 Å². The van der Waals surface area contributed by atoms with E-state index in [1.807, 2.05) is 24.3 Å². The van der Waals surface area contributed by atoms with Gasteiger partial charge < -0.3 is 14.4 Å². The Hall–Kier alpha value is -3.05. The molecule has 0 saturated heterocycles. The summed E-state index contributed by atoms with van der Waals surface area (Å²) in [7, 11) is 1.56. The predicted octanol–water partition coefficient (Wildman–Crippen LogP) is 4.36. The SMILES string of the molecule is COc1ccccc1OCC(=O)N(Cc1cccnc1)c1ccc(Cl)cc1. The number of anilines is 1. The van der Waals surface area contributed by atoms with Gasteiger partial charge in [0.1, 0.15) is 0 Å². The number of halogens is 1. The molecule has 3 aromatic rings. The van der Waals surface area contributed by atoms with Crippen molar-refractivity contribution in [2.75, 3.05) is 18.6 Å². The van der Waals surface area contributed by atoms with E-state index in [0.717, 1.165) is 11.3 Å². The van der Waals surface area contributed by atoms with Gasteiger partial charge in [-0.1, -0.05) is 29.8 Å². The van der Waals surface area contributed by atoms with E-state index in [9.17, 15) is 4.79 Å². The minimum absolute atomic E-state index is 0.122. The zero-order chi connectivity index (χ0) is 19.1. The minimum Gasteiger partial charge on any atom is -0.493 e. The summed E-state index contributed by atoms with van der Waals surface area (Å²) in [5.41, 5.74) is 1.65. The number of amides is 1. The van der Waals surface area contributed by atoms with Crippen LogP contribution in [0, 0.1) is 0 Å². The van der Waals surface area contributed by atoms with E-state index in [2.05, 4.69) is 4.98 Å². The van der Waals surface area contributed by atoms with Crippen LogP contribution in [0.2, 0.25) is 5.02 Å². The van der Waals surface area contributed by atoms with Gasteiger partial charge in [0, 0.05) is 23.1 Å². The third-order valence-electron chi connectivity index (χ3n) is 3.92. The van der Waals surface area contributed by atoms with Crippen molar-refractivity contribution in [1.29, 1.82) is 0 Å². The lowest BCUT2D eigenvalue weighted by atomic mass is 10.2. The number of hydrogen-bond acceptors (Lipinski definition) is 4. The van der Waals surface area contributed by atoms with Crippen LogP contribution in [-0.4, -0.2) is 24.6 Å². The van der Waals surface area contributed by atoms with Crippen LogP contribution in [0.25, 0.3) is 0 Å². The Bertz CT molecular complexity index is 885. The number of aromatic nitrogens is 1. The molecule has 5 nitrogen and oxygen atoms in total. The number of benzene rings is 2. The second-order valence-corrected chi connectivity index (χ2v) is 6.19. The monoisotopic (exact) mass is 382 g/mol. The van der Waals surface area contributed by atoms with Gasteiger partial charge in [-0.25, -0.2) is 0 Å². The first-order chi connectivity index (χ1) is 13.2. The number of rotatable bonds is 7. The van der Waals surface area contributed by atoms with Crippen LogP contribution in [0.15, 0.2) is 73.1 Å². The Balaban J connectivity index is 1.78. The highest BCUT2D eigenvalue weighted by atomic mass is 35.5. The normalized spacial score (nSPS) is 10.3. The minimum atomic E-state index is -0.188. The van der Waals surface area contributed by atoms with Gasteiger partial charge in [0.05, 0.1) is 13.7 Å². The van der Waals surface area contributed by atoms with Crippen molar-refractivity contribution in [3.63, 3.8) is 0 Å². The molecule has 0 unspecified atom stereocenters. The Morgan fingerprint density at radius 3 is 2.44 bits per heavy atom. The topological polar surface area (TPSA) is 51.7 Å². The highest BCUT2D eigenvalue weighted by Crippen LogP contribution is 2.26. The number of methoxy groups -OCH3 is 1. The molecular formula is C21H19ClN2O3. The summed E-state index contributed by atoms with van der Waals surface area (Å²) in [5, 5.41) is 0.609. The van der Waals surface area contributed by atoms with E-state index in [-0.39, 0.29) is 12.5 Å². The maximum atomic E-state index is 12.9. The quantitative estimate of drug-likeness (QED) is 0.609. The first-order valence-electron chi connectivity index (χ1n) is 8.38. The number of carbonyl (C=O) groups excluding carboxylic acids is 1. The molecule has 1 aromatic heterocycles. The number of nitrogens with zero attached hydrogens (tertiary/aromatic N) is 2. The third kappa shape index (κ3) is 4.99. The number of ether oxygens (including phenoxy) is 2. The van der Waals surface area contributed by atoms with E-state index in [1.54, 1.807) is 60.8 Å². The fourth-order valence-corrected chi connectivity index (χ4v) is 2.70. The Labute approximate surface area is 163 Å². The maximum Gasteiger partial charge on any atom is 0.265 e. The first kappa shape index (κ1) is 18.7. The van der Waals surface area contributed by atoms with Crippen LogP contribution in [0.3, 0.4) is 0 Å². The molecule has 0 aliphatic rings. The van der Waals surface area contributed by atoms with Crippen LogP contribution >= 0.6 is 11.6 Å². The molecule has 1 amide bonds. The molecule has 0 saturated carbocycles. The summed E-state index contributed by atoms with van der Waals surface area (Å²) in [6.07, 6.45) is 3.43. The fourth-order valence-electron chi connectivity index (χ4n) is 2.57. The van der Waals surface area contributed by atoms with Crippen molar-refractivity contribution in [2.45, 2.75) is 6.54 Å². The van der Waals surface area contributed by atoms with Gasteiger partial charge in [0.25, 0.3) is 5.91 Å². The smallest absolute Gasteiger partial charge is 0.265 e. The summed E-state index contributed by atoms with van der Waals surface area (Å²) in [6, 6.07) is 18.1. The van der Waals surface area contributed by atoms with E-state index >= 15 is 0 Å². The zero-order valence-electron chi connectivity index (χ0n) is 14.8. The fraction of sp³-hybridized carbons (Fsp3) is 0.143. The molecular weight excluding hydrogens is 364 g/mol. The van der Waals surface area contributed by atoms with E-state index in [4.69, 9.17) is 21.1 Å². The van der Waals surface area contributed by atoms with Crippen molar-refractivity contribution in [3.05, 3.63) is 83.6 Å². The van der Waals surface area contributed by atoms with Crippen molar-refractivity contribution in [1.82, 2.24) is 4.98 Å². The van der Waals surface area contributed by atoms with Crippen LogP contribution in [-0.2, 0) is 11.3 Å². The molecule has 3 rings (SSSR count). The molecule has 1 heterocycles. The van der Waals surface area contributed by atoms with Crippen LogP contribution < -0.4 is 14.4 Å². The van der Waals surface area contributed by atoms with Gasteiger partial charge in [-0.2, -0.15) is 0 Å². The van der Waals surface area contributed by atoms with Crippen LogP contribution in [0.5, 0.6) is 11.5 Å². The molecule has 0 fully saturated rings. The molecule has 6 heteroatoms. The molecule has 0 N–H and O–H groups in total. The Morgan fingerprint density at radius 2 is 1.78 bits per heavy atom. The van der Waals surface area contributed by atoms with Crippen LogP contribution in [0.1, 0.15) is 5.56 Å². The van der Waals surface area contributed by atoms with E-state index < -0.39 is 0 Å². The molecule has 138 valence electrons. The van der Waals surface area contributed by atoms with E-state index in [0.29, 0.717) is 23.1 Å². The molecule has 2 aromatic carbocycles. The van der Waals surface area contributed by atoms with Gasteiger partial charge in [-0.3, -0.25) is 9.78 Å². The molecule has 0 aliphatic heterocycles. The predicted molar refractivity (Wildman–Crippen MR) is 105 cm³/mol. The Kier molecular flexibility index (Phi) is 6.28. The molecule has 27 heavy (non-hydrogen) atoms. The summed E-state index contributed by atoms with van der Waals surface area (Å²) in [5.74, 6) is 0.911. The highest BCUT2D eigenvalue weighted by Gasteiger charge is 2.18. The first-order valence-corrected chi connectivity index (χ1v) is 8.76. The van der Waals surface area contributed by atoms with Gasteiger partial charge in [-0.05, 0) is 48.0 Å². The Morgan fingerprint density at radius 1 is 1.04 bits per heavy atom. The summed E-state index contributed by atoms with van der Waals surface area (Å²) in [4.78, 5) is 18.7. The van der Waals surface area contributed by atoms with Gasteiger partial charge in [0.2, 0.25) is 0 Å². The lowest BCUT2D eigenvalue weighted by Gasteiger charge is -2.23. The van der Waals surface area contributed by atoms with E-state index in [1.165, 1.54) is 0 Å². The number of carbonyl (C=O) groups is 1. The van der Waals surface area contributed by atoms with Crippen molar-refractivity contribution < 1.29 is 14.3 Å². The van der Waals surface area contributed by atoms with Gasteiger partial charge in [0.15, 0.2) is 18.1 Å². The van der Waals surface area contributed by atoms with Crippen molar-refractivity contribution >= 4 is 23.2 Å². The second-order valence-electron chi connectivity index (χ2n) is 5.76. The van der Waals surface area contributed by atoms with Gasteiger partial charge >= 0.3 is 0 Å². The number of para-hydroxylation sites is 2. The third-order valence-corrected chi connectivity index (χ3v) is 4.18. The van der Waals surface area contributed by atoms with Gasteiger partial charge in [-0.15, -0.1) is 0 Å². The zero-order valence-corrected chi connectivity index (χ0v) is 15.6. The molecule has 0 bridgehead atoms. The molecule has 0 radical (unpaired) electrons. The maximum absolute atomic E-state index is 12.9. The average Bonchev–Trinajstić information content (AvgIpc) is 2.72. The summed E-state index contributed by atoms with van der Waals surface area (Å²) >= 11 is 5.98. The summed E-state index contributed by atoms with van der Waals surface area (Å²) in [6.45, 7) is 0.257. The highest BCUT2D eigenvalue weighted by molar-refractivity contribution is 6.30. The lowest BCUT2D eigenvalue weighted by Crippen LogP contribution is -2.34. The summed E-state index contributed by atoms with van der Waals surface area (Å²) < 4.78 is 11.0. The second kappa shape index (κ2) is 9.05. The van der Waals surface area contributed by atoms with Crippen LogP contribution in [0.4, 0.5) is 5.69 Å². The molecule has 0 aliphatic carbocycles. The molecule has 0 atom stereocenters. The number of hydrogen-bond donors (Lipinski definition) is 0. The standard InChI is InChI=1S/C21H19ClN2O3/c1-26-19-6-2-3-7-20(19)27-15-21(25)24(14-16-5-4-12-23-13-16)18-10-8-17(22)9-11-18/h2-13H,14-15H2,1H3. The number of pyridine rings is 1. The molecule has 0 spiro atoms. The largest absolute Gasteiger partial charge is 0.493 e. The average molecular weight is 383 g/mol. The van der Waals surface area contributed by atoms with Crippen molar-refractivity contribution in [3.8, 4) is 11.5 Å². The lowest BCUT2D eigenvalue weighted by molar-refractivity contribution is -0.120.